The lowest BCUT2D eigenvalue weighted by Crippen LogP contribution is -2.12. The molecule has 1 rings (SSSR count). The van der Waals surface area contributed by atoms with Gasteiger partial charge in [0.1, 0.15) is 0 Å². The van der Waals surface area contributed by atoms with Crippen molar-refractivity contribution >= 4 is 11.8 Å². The Kier molecular flexibility index (Phi) is 3.06. The number of carboxylic acid groups (broad SMARTS) is 1. The number of aliphatic hydroxyl groups excluding tert-OH is 1. The third-order valence-electron chi connectivity index (χ3n) is 2.09. The van der Waals surface area contributed by atoms with Crippen LogP contribution in [0, 0.1) is 0 Å². The predicted molar refractivity (Wildman–Crippen MR) is 45.4 cm³/mol. The summed E-state index contributed by atoms with van der Waals surface area (Å²) in [5, 5.41) is 17.7. The van der Waals surface area contributed by atoms with Crippen LogP contribution in [0.15, 0.2) is 11.3 Å². The Hall–Kier alpha value is -1.32. The Bertz CT molecular complexity index is 265. The molecule has 0 saturated heterocycles. The summed E-state index contributed by atoms with van der Waals surface area (Å²) in [7, 11) is 0. The van der Waals surface area contributed by atoms with E-state index in [0.29, 0.717) is 24.8 Å². The number of rotatable bonds is 3. The molecular weight excluding hydrogens is 172 g/mol. The van der Waals surface area contributed by atoms with E-state index < -0.39 is 5.97 Å². The van der Waals surface area contributed by atoms with Crippen LogP contribution in [-0.2, 0) is 9.59 Å². The fraction of sp³-hybridized carbons (Fsp3) is 0.556. The van der Waals surface area contributed by atoms with Gasteiger partial charge in [0.25, 0.3) is 0 Å². The van der Waals surface area contributed by atoms with E-state index >= 15 is 0 Å². The van der Waals surface area contributed by atoms with Crippen LogP contribution in [0.4, 0.5) is 0 Å². The zero-order valence-corrected chi connectivity index (χ0v) is 7.25. The molecule has 1 aliphatic rings. The molecule has 0 atom stereocenters. The number of aliphatic hydroxyl groups is 1. The molecule has 0 radical (unpaired) electrons. The van der Waals surface area contributed by atoms with E-state index in [1.807, 2.05) is 0 Å². The van der Waals surface area contributed by atoms with Crippen LogP contribution in [0.1, 0.15) is 32.1 Å². The number of hydrogen-bond donors (Lipinski definition) is 2. The molecule has 0 saturated carbocycles. The fourth-order valence-electron chi connectivity index (χ4n) is 1.39. The van der Waals surface area contributed by atoms with Gasteiger partial charge in [-0.1, -0.05) is 0 Å². The maximum absolute atomic E-state index is 11.2. The second-order valence-electron chi connectivity index (χ2n) is 3.10. The number of carboxylic acids is 1. The van der Waals surface area contributed by atoms with E-state index in [2.05, 4.69) is 0 Å². The molecule has 0 amide bonds. The van der Waals surface area contributed by atoms with Crippen molar-refractivity contribution in [1.82, 2.24) is 0 Å². The van der Waals surface area contributed by atoms with E-state index in [9.17, 15) is 14.7 Å². The molecule has 0 bridgehead atoms. The Morgan fingerprint density at radius 2 is 2.08 bits per heavy atom. The number of hydrogen-bond acceptors (Lipinski definition) is 3. The van der Waals surface area contributed by atoms with Gasteiger partial charge >= 0.3 is 5.97 Å². The van der Waals surface area contributed by atoms with Gasteiger partial charge in [-0.05, 0) is 12.8 Å². The van der Waals surface area contributed by atoms with Gasteiger partial charge in [0.2, 0.25) is 0 Å². The summed E-state index contributed by atoms with van der Waals surface area (Å²) in [6.45, 7) is 0. The zero-order chi connectivity index (χ0) is 9.84. The van der Waals surface area contributed by atoms with Crippen LogP contribution in [0.3, 0.4) is 0 Å². The highest BCUT2D eigenvalue weighted by Gasteiger charge is 2.20. The molecule has 4 nitrogen and oxygen atoms in total. The molecule has 0 spiro atoms. The van der Waals surface area contributed by atoms with Crippen molar-refractivity contribution in [2.45, 2.75) is 32.1 Å². The third-order valence-corrected chi connectivity index (χ3v) is 2.09. The van der Waals surface area contributed by atoms with Crippen molar-refractivity contribution in [2.75, 3.05) is 0 Å². The average Bonchev–Trinajstić information content (AvgIpc) is 2.03. The standard InChI is InChI=1S/C9H12O4/c10-7-2-1-3-8(11)6(7)4-5-9(12)13/h10H,1-5H2,(H,12,13). The van der Waals surface area contributed by atoms with Gasteiger partial charge in [-0.2, -0.15) is 0 Å². The lowest BCUT2D eigenvalue weighted by Gasteiger charge is -2.13. The lowest BCUT2D eigenvalue weighted by atomic mass is 9.93. The highest BCUT2D eigenvalue weighted by atomic mass is 16.4. The SMILES string of the molecule is O=C(O)CCC1=C(O)CCCC1=O. The first-order chi connectivity index (χ1) is 6.11. The van der Waals surface area contributed by atoms with Crippen molar-refractivity contribution in [1.29, 1.82) is 0 Å². The second-order valence-corrected chi connectivity index (χ2v) is 3.10. The van der Waals surface area contributed by atoms with Crippen LogP contribution in [-0.4, -0.2) is 22.0 Å². The summed E-state index contributed by atoms with van der Waals surface area (Å²) < 4.78 is 0. The third kappa shape index (κ3) is 2.57. The van der Waals surface area contributed by atoms with Gasteiger partial charge in [0.15, 0.2) is 5.78 Å². The Balaban J connectivity index is 2.63. The Morgan fingerprint density at radius 1 is 1.38 bits per heavy atom. The molecule has 1 aliphatic carbocycles. The number of carbonyl (C=O) groups is 2. The number of aliphatic carboxylic acids is 1. The molecule has 2 N–H and O–H groups in total. The minimum absolute atomic E-state index is 0.0810. The molecule has 72 valence electrons. The number of Topliss-reactive ketones (excluding diaryl/α,β-unsaturated/α-hetero) is 1. The van der Waals surface area contributed by atoms with Crippen LogP contribution in [0.5, 0.6) is 0 Å². The normalized spacial score (nSPS) is 17.7. The highest BCUT2D eigenvalue weighted by Crippen LogP contribution is 2.23. The summed E-state index contributed by atoms with van der Waals surface area (Å²) in [6.07, 6.45) is 1.66. The minimum Gasteiger partial charge on any atom is -0.512 e. The summed E-state index contributed by atoms with van der Waals surface area (Å²) in [5.41, 5.74) is 0.314. The number of ketones is 1. The van der Waals surface area contributed by atoms with Gasteiger partial charge in [0.05, 0.1) is 5.76 Å². The van der Waals surface area contributed by atoms with Crippen LogP contribution in [0.25, 0.3) is 0 Å². The minimum atomic E-state index is -0.946. The molecule has 0 aromatic heterocycles. The van der Waals surface area contributed by atoms with Crippen molar-refractivity contribution in [2.24, 2.45) is 0 Å². The summed E-state index contributed by atoms with van der Waals surface area (Å²) in [4.78, 5) is 21.4. The molecule has 0 unspecified atom stereocenters. The average molecular weight is 184 g/mol. The highest BCUT2D eigenvalue weighted by molar-refractivity contribution is 5.96. The van der Waals surface area contributed by atoms with E-state index in [4.69, 9.17) is 5.11 Å². The molecule has 13 heavy (non-hydrogen) atoms. The largest absolute Gasteiger partial charge is 0.512 e. The first-order valence-electron chi connectivity index (χ1n) is 4.27. The maximum Gasteiger partial charge on any atom is 0.303 e. The van der Waals surface area contributed by atoms with Gasteiger partial charge < -0.3 is 10.2 Å². The zero-order valence-electron chi connectivity index (χ0n) is 7.25. The molecule has 0 aromatic rings. The summed E-state index contributed by atoms with van der Waals surface area (Å²) in [6, 6.07) is 0. The van der Waals surface area contributed by atoms with Crippen LogP contribution in [0.2, 0.25) is 0 Å². The van der Waals surface area contributed by atoms with Crippen LogP contribution >= 0.6 is 0 Å². The second kappa shape index (κ2) is 4.07. The van der Waals surface area contributed by atoms with Crippen LogP contribution < -0.4 is 0 Å². The van der Waals surface area contributed by atoms with Gasteiger partial charge in [-0.3, -0.25) is 9.59 Å². The summed E-state index contributed by atoms with van der Waals surface area (Å²) in [5.74, 6) is -0.971. The topological polar surface area (TPSA) is 74.6 Å². The van der Waals surface area contributed by atoms with E-state index in [1.165, 1.54) is 0 Å². The van der Waals surface area contributed by atoms with Crippen molar-refractivity contribution in [3.63, 3.8) is 0 Å². The van der Waals surface area contributed by atoms with E-state index in [1.54, 1.807) is 0 Å². The van der Waals surface area contributed by atoms with Crippen molar-refractivity contribution < 1.29 is 19.8 Å². The van der Waals surface area contributed by atoms with Gasteiger partial charge in [0, 0.05) is 24.8 Å². The van der Waals surface area contributed by atoms with Crippen molar-refractivity contribution in [3.8, 4) is 0 Å². The number of carbonyl (C=O) groups excluding carboxylic acids is 1. The monoisotopic (exact) mass is 184 g/mol. The first-order valence-corrected chi connectivity index (χ1v) is 4.27. The van der Waals surface area contributed by atoms with Gasteiger partial charge in [-0.25, -0.2) is 0 Å². The van der Waals surface area contributed by atoms with E-state index in [0.717, 1.165) is 0 Å². The molecule has 0 aromatic carbocycles. The molecule has 0 fully saturated rings. The summed E-state index contributed by atoms with van der Waals surface area (Å²) >= 11 is 0. The Labute approximate surface area is 75.9 Å². The molecule has 4 heteroatoms. The molecule has 0 aliphatic heterocycles. The smallest absolute Gasteiger partial charge is 0.303 e. The van der Waals surface area contributed by atoms with E-state index in [-0.39, 0.29) is 24.4 Å². The van der Waals surface area contributed by atoms with Crippen molar-refractivity contribution in [3.05, 3.63) is 11.3 Å². The quantitative estimate of drug-likeness (QED) is 0.695. The Morgan fingerprint density at radius 3 is 2.62 bits per heavy atom. The predicted octanol–water partition coefficient (Wildman–Crippen LogP) is 1.42. The number of allylic oxidation sites excluding steroid dienone is 2. The van der Waals surface area contributed by atoms with Gasteiger partial charge in [-0.15, -0.1) is 0 Å². The maximum atomic E-state index is 11.2. The fourth-order valence-corrected chi connectivity index (χ4v) is 1.39. The molecular formula is C9H12O4. The first kappa shape index (κ1) is 9.77. The lowest BCUT2D eigenvalue weighted by molar-refractivity contribution is -0.136. The molecule has 0 heterocycles.